The number of carbonyl (C=O) groups is 3. The summed E-state index contributed by atoms with van der Waals surface area (Å²) in [4.78, 5) is 45.4. The van der Waals surface area contributed by atoms with Crippen molar-refractivity contribution in [1.82, 2.24) is 0 Å². The number of esters is 2. The Kier molecular flexibility index (Phi) is 6.85. The number of benzene rings is 2. The molecule has 0 fully saturated rings. The lowest BCUT2D eigenvalue weighted by atomic mass is 10.1. The Bertz CT molecular complexity index is 971. The van der Waals surface area contributed by atoms with E-state index >= 15 is 0 Å². The molecule has 10 heteroatoms. The monoisotopic (exact) mass is 402 g/mol. The van der Waals surface area contributed by atoms with E-state index < -0.39 is 16.9 Å². The second-order valence-corrected chi connectivity index (χ2v) is 5.78. The van der Waals surface area contributed by atoms with Crippen molar-refractivity contribution in [3.8, 4) is 11.5 Å². The van der Waals surface area contributed by atoms with Gasteiger partial charge in [-0.25, -0.2) is 4.79 Å². The van der Waals surface area contributed by atoms with Gasteiger partial charge in [-0.15, -0.1) is 0 Å². The molecule has 152 valence electrons. The maximum Gasteiger partial charge on any atom is 0.340 e. The minimum absolute atomic E-state index is 0.0666. The normalized spacial score (nSPS) is 10.0. The van der Waals surface area contributed by atoms with Gasteiger partial charge in [-0.1, -0.05) is 0 Å². The molecule has 0 saturated carbocycles. The van der Waals surface area contributed by atoms with E-state index in [1.54, 1.807) is 0 Å². The average Bonchev–Trinajstić information content (AvgIpc) is 2.68. The highest BCUT2D eigenvalue weighted by Gasteiger charge is 2.19. The molecule has 0 bridgehead atoms. The number of amides is 1. The summed E-state index contributed by atoms with van der Waals surface area (Å²) in [6.45, 7) is 1.30. The highest BCUT2D eigenvalue weighted by molar-refractivity contribution is 6.01. The van der Waals surface area contributed by atoms with Crippen molar-refractivity contribution >= 4 is 29.2 Å². The van der Waals surface area contributed by atoms with Crippen molar-refractivity contribution in [3.05, 3.63) is 57.6 Å². The molecule has 2 rings (SSSR count). The highest BCUT2D eigenvalue weighted by Crippen LogP contribution is 2.30. The number of nitro groups is 1. The van der Waals surface area contributed by atoms with Gasteiger partial charge in [-0.05, 0) is 30.3 Å². The fourth-order valence-corrected chi connectivity index (χ4v) is 2.47. The largest absolute Gasteiger partial charge is 0.469 e. The predicted molar refractivity (Wildman–Crippen MR) is 101 cm³/mol. The van der Waals surface area contributed by atoms with Crippen LogP contribution in [0.3, 0.4) is 0 Å². The van der Waals surface area contributed by atoms with Gasteiger partial charge in [-0.2, -0.15) is 0 Å². The lowest BCUT2D eigenvalue weighted by Gasteiger charge is -2.12. The van der Waals surface area contributed by atoms with E-state index in [1.807, 2.05) is 0 Å². The molecule has 0 heterocycles. The van der Waals surface area contributed by atoms with Crippen LogP contribution in [0.1, 0.15) is 22.8 Å². The minimum atomic E-state index is -0.686. The Hall–Kier alpha value is -3.95. The molecule has 29 heavy (non-hydrogen) atoms. The van der Waals surface area contributed by atoms with E-state index in [2.05, 4.69) is 10.1 Å². The van der Waals surface area contributed by atoms with E-state index in [9.17, 15) is 24.5 Å². The van der Waals surface area contributed by atoms with E-state index in [0.717, 1.165) is 0 Å². The summed E-state index contributed by atoms with van der Waals surface area (Å²) < 4.78 is 14.9. The van der Waals surface area contributed by atoms with Crippen molar-refractivity contribution < 1.29 is 33.5 Å². The second kappa shape index (κ2) is 9.31. The molecular weight excluding hydrogens is 384 g/mol. The summed E-state index contributed by atoms with van der Waals surface area (Å²) in [7, 11) is 2.38. The predicted octanol–water partition coefficient (Wildman–Crippen LogP) is 2.85. The van der Waals surface area contributed by atoms with Crippen molar-refractivity contribution in [3.63, 3.8) is 0 Å². The maximum atomic E-state index is 12.0. The number of rotatable bonds is 7. The lowest BCUT2D eigenvalue weighted by molar-refractivity contribution is -0.385. The van der Waals surface area contributed by atoms with E-state index in [-0.39, 0.29) is 46.3 Å². The highest BCUT2D eigenvalue weighted by atomic mass is 16.6. The van der Waals surface area contributed by atoms with Crippen LogP contribution in [0, 0.1) is 10.1 Å². The molecular formula is C19H18N2O8. The lowest BCUT2D eigenvalue weighted by Crippen LogP contribution is -2.12. The third-order valence-electron chi connectivity index (χ3n) is 3.75. The number of anilines is 1. The minimum Gasteiger partial charge on any atom is -0.469 e. The molecule has 1 N–H and O–H groups in total. The molecule has 0 atom stereocenters. The van der Waals surface area contributed by atoms with Crippen LogP contribution in [0.2, 0.25) is 0 Å². The Labute approximate surface area is 165 Å². The molecule has 10 nitrogen and oxygen atoms in total. The van der Waals surface area contributed by atoms with E-state index in [1.165, 1.54) is 57.5 Å². The number of hydrogen-bond donors (Lipinski definition) is 1. The molecule has 2 aromatic carbocycles. The van der Waals surface area contributed by atoms with Gasteiger partial charge in [0.05, 0.1) is 36.8 Å². The zero-order chi connectivity index (χ0) is 21.6. The van der Waals surface area contributed by atoms with Crippen LogP contribution in [0.15, 0.2) is 36.4 Å². The molecule has 0 radical (unpaired) electrons. The Morgan fingerprint density at radius 1 is 1.03 bits per heavy atom. The Morgan fingerprint density at radius 3 is 2.28 bits per heavy atom. The number of nitrogens with zero attached hydrogens (tertiary/aromatic N) is 1. The second-order valence-electron chi connectivity index (χ2n) is 5.78. The molecule has 1 amide bonds. The molecule has 0 spiro atoms. The number of nitrogens with one attached hydrogen (secondary N) is 1. The van der Waals surface area contributed by atoms with Gasteiger partial charge >= 0.3 is 11.9 Å². The summed E-state index contributed by atoms with van der Waals surface area (Å²) in [6, 6.07) is 8.23. The smallest absolute Gasteiger partial charge is 0.340 e. The fraction of sp³-hybridized carbons (Fsp3) is 0.211. The SMILES string of the molecule is COC(=O)Cc1cc(Oc2ccc(NC(C)=O)c(C(=O)OC)c2)ccc1[N+](=O)[O-]. The Morgan fingerprint density at radius 2 is 1.69 bits per heavy atom. The summed E-state index contributed by atoms with van der Waals surface area (Å²) in [5, 5.41) is 13.7. The van der Waals surface area contributed by atoms with Crippen molar-refractivity contribution in [1.29, 1.82) is 0 Å². The quantitative estimate of drug-likeness (QED) is 0.424. The van der Waals surface area contributed by atoms with Crippen molar-refractivity contribution in [2.75, 3.05) is 19.5 Å². The number of ether oxygens (including phenoxy) is 3. The number of carbonyl (C=O) groups excluding carboxylic acids is 3. The van der Waals surface area contributed by atoms with Crippen LogP contribution in [0.25, 0.3) is 0 Å². The number of hydrogen-bond acceptors (Lipinski definition) is 8. The van der Waals surface area contributed by atoms with Crippen molar-refractivity contribution in [2.24, 2.45) is 0 Å². The zero-order valence-corrected chi connectivity index (χ0v) is 15.9. The summed E-state index contributed by atoms with van der Waals surface area (Å²) in [5.74, 6) is -1.27. The summed E-state index contributed by atoms with van der Waals surface area (Å²) in [5.41, 5.74) is 0.171. The molecule has 2 aromatic rings. The fourth-order valence-electron chi connectivity index (χ4n) is 2.47. The Balaban J connectivity index is 2.38. The van der Waals surface area contributed by atoms with E-state index in [0.29, 0.717) is 0 Å². The van der Waals surface area contributed by atoms with Crippen LogP contribution < -0.4 is 10.1 Å². The maximum absolute atomic E-state index is 12.0. The summed E-state index contributed by atoms with van der Waals surface area (Å²) >= 11 is 0. The van der Waals surface area contributed by atoms with E-state index in [4.69, 9.17) is 9.47 Å². The third kappa shape index (κ3) is 5.51. The van der Waals surface area contributed by atoms with Crippen molar-refractivity contribution in [2.45, 2.75) is 13.3 Å². The van der Waals surface area contributed by atoms with Crippen LogP contribution in [-0.4, -0.2) is 37.0 Å². The first kappa shape index (κ1) is 21.4. The average molecular weight is 402 g/mol. The topological polar surface area (TPSA) is 134 Å². The van der Waals surface area contributed by atoms with Gasteiger partial charge in [0.25, 0.3) is 5.69 Å². The number of methoxy groups -OCH3 is 2. The molecule has 0 unspecified atom stereocenters. The standard InChI is InChI=1S/C19H18N2O8/c1-11(22)20-16-6-4-14(10-15(16)19(24)28-3)29-13-5-7-17(21(25)26)12(8-13)9-18(23)27-2/h4-8,10H,9H2,1-3H3,(H,20,22). The first-order chi connectivity index (χ1) is 13.7. The van der Waals surface area contributed by atoms with Crippen LogP contribution >= 0.6 is 0 Å². The molecule has 0 saturated heterocycles. The van der Waals surface area contributed by atoms with Gasteiger partial charge in [0.15, 0.2) is 0 Å². The number of nitro benzene ring substituents is 1. The first-order valence-electron chi connectivity index (χ1n) is 8.27. The molecule has 0 aromatic heterocycles. The third-order valence-corrected chi connectivity index (χ3v) is 3.75. The zero-order valence-electron chi connectivity index (χ0n) is 15.9. The van der Waals surface area contributed by atoms with Gasteiger partial charge in [0.1, 0.15) is 11.5 Å². The van der Waals surface area contributed by atoms with Crippen LogP contribution in [0.5, 0.6) is 11.5 Å². The van der Waals surface area contributed by atoms with Crippen LogP contribution in [-0.2, 0) is 25.5 Å². The molecule has 0 aliphatic heterocycles. The van der Waals surface area contributed by atoms with Gasteiger partial charge in [0, 0.05) is 18.6 Å². The van der Waals surface area contributed by atoms with Crippen LogP contribution in [0.4, 0.5) is 11.4 Å². The van der Waals surface area contributed by atoms with Gasteiger partial charge in [-0.3, -0.25) is 19.7 Å². The van der Waals surface area contributed by atoms with Gasteiger partial charge in [0.2, 0.25) is 5.91 Å². The first-order valence-corrected chi connectivity index (χ1v) is 8.27. The summed E-state index contributed by atoms with van der Waals surface area (Å²) in [6.07, 6.45) is -0.307. The molecule has 0 aliphatic rings. The van der Waals surface area contributed by atoms with Gasteiger partial charge < -0.3 is 19.5 Å². The molecule has 0 aliphatic carbocycles.